The first-order valence-electron chi connectivity index (χ1n) is 14.4. The van der Waals surface area contributed by atoms with E-state index in [1.165, 1.54) is 40.2 Å². The fraction of sp³-hybridized carbons (Fsp3) is 0.111. The second-order valence-electron chi connectivity index (χ2n) is 10.3. The average Bonchev–Trinajstić information content (AvgIpc) is 3.38. The summed E-state index contributed by atoms with van der Waals surface area (Å²) >= 11 is 1.17. The van der Waals surface area contributed by atoms with Gasteiger partial charge in [0.1, 0.15) is 18.2 Å². The molecular formula is C36H27FN2O6S. The third-order valence-electron chi connectivity index (χ3n) is 7.36. The maximum Gasteiger partial charge on any atom is 0.338 e. The van der Waals surface area contributed by atoms with Crippen LogP contribution in [0.5, 0.6) is 5.75 Å². The number of fused-ring (bicyclic) bond motifs is 1. The van der Waals surface area contributed by atoms with Crippen LogP contribution in [0.1, 0.15) is 45.6 Å². The van der Waals surface area contributed by atoms with Crippen molar-refractivity contribution in [2.45, 2.75) is 19.6 Å². The molecule has 1 N–H and O–H groups in total. The number of halogens is 1. The number of thiazole rings is 1. The Balaban J connectivity index is 1.48. The number of nitrogens with zero attached hydrogens (tertiary/aromatic N) is 2. The van der Waals surface area contributed by atoms with Gasteiger partial charge in [0.2, 0.25) is 0 Å². The predicted molar refractivity (Wildman–Crippen MR) is 172 cm³/mol. The number of carbonyl (C=O) groups is 2. The Morgan fingerprint density at radius 3 is 2.35 bits per heavy atom. The van der Waals surface area contributed by atoms with Crippen molar-refractivity contribution in [3.63, 3.8) is 0 Å². The molecule has 46 heavy (non-hydrogen) atoms. The lowest BCUT2D eigenvalue weighted by Crippen LogP contribution is -2.40. The lowest BCUT2D eigenvalue weighted by Gasteiger charge is -2.25. The van der Waals surface area contributed by atoms with Crippen molar-refractivity contribution in [3.05, 3.63) is 162 Å². The van der Waals surface area contributed by atoms with Gasteiger partial charge in [0.05, 0.1) is 34.0 Å². The number of para-hydroxylation sites is 1. The molecule has 5 aromatic rings. The zero-order chi connectivity index (χ0) is 32.2. The summed E-state index contributed by atoms with van der Waals surface area (Å²) in [6, 6.07) is 27.6. The van der Waals surface area contributed by atoms with Gasteiger partial charge in [0, 0.05) is 11.1 Å². The number of hydrogen-bond donors (Lipinski definition) is 1. The standard InChI is InChI=1S/C36H27FN2O6S/c1-2-44-35(43)30-31(23-8-4-3-5-9-23)38-36-39(32(30)24-16-18-27(37)19-17-24)33(40)29(46-36)20-26-10-6-7-11-28(26)45-21-22-12-14-25(15-13-22)34(41)42/h3-20,32H,2,21H2,1H3,(H,41,42)/b29-20-/t32-/m0/s1. The van der Waals surface area contributed by atoms with Gasteiger partial charge in [-0.15, -0.1) is 0 Å². The van der Waals surface area contributed by atoms with Crippen LogP contribution in [-0.4, -0.2) is 28.2 Å². The summed E-state index contributed by atoms with van der Waals surface area (Å²) in [7, 11) is 0. The Hall–Kier alpha value is -5.61. The van der Waals surface area contributed by atoms with Crippen molar-refractivity contribution >= 4 is 35.0 Å². The van der Waals surface area contributed by atoms with Crippen LogP contribution in [0.25, 0.3) is 11.8 Å². The maximum atomic E-state index is 14.2. The minimum absolute atomic E-state index is 0.117. The van der Waals surface area contributed by atoms with Crippen molar-refractivity contribution in [1.29, 1.82) is 0 Å². The zero-order valence-electron chi connectivity index (χ0n) is 24.6. The summed E-state index contributed by atoms with van der Waals surface area (Å²) in [4.78, 5) is 44.1. The summed E-state index contributed by atoms with van der Waals surface area (Å²) in [5.41, 5.74) is 2.96. The van der Waals surface area contributed by atoms with E-state index in [4.69, 9.17) is 19.6 Å². The van der Waals surface area contributed by atoms with Crippen LogP contribution in [0, 0.1) is 5.82 Å². The molecule has 1 aliphatic heterocycles. The molecule has 0 fully saturated rings. The Morgan fingerprint density at radius 1 is 0.957 bits per heavy atom. The molecule has 1 aliphatic rings. The van der Waals surface area contributed by atoms with Gasteiger partial charge >= 0.3 is 11.9 Å². The third kappa shape index (κ3) is 6.15. The number of hydrogen-bond acceptors (Lipinski definition) is 7. The number of rotatable bonds is 9. The molecule has 10 heteroatoms. The van der Waals surface area contributed by atoms with Crippen LogP contribution >= 0.6 is 11.3 Å². The molecular weight excluding hydrogens is 607 g/mol. The lowest BCUT2D eigenvalue weighted by atomic mass is 9.93. The molecule has 230 valence electrons. The number of esters is 1. The first-order chi connectivity index (χ1) is 22.3. The fourth-order valence-electron chi connectivity index (χ4n) is 5.18. The second kappa shape index (κ2) is 13.2. The molecule has 0 saturated carbocycles. The molecule has 2 heterocycles. The summed E-state index contributed by atoms with van der Waals surface area (Å²) < 4.78 is 27.4. The number of carboxylic acid groups (broad SMARTS) is 1. The quantitative estimate of drug-likeness (QED) is 0.219. The average molecular weight is 635 g/mol. The lowest BCUT2D eigenvalue weighted by molar-refractivity contribution is -0.138. The number of benzene rings is 4. The number of aromatic nitrogens is 1. The second-order valence-corrected chi connectivity index (χ2v) is 11.3. The monoisotopic (exact) mass is 634 g/mol. The topological polar surface area (TPSA) is 107 Å². The number of carbonyl (C=O) groups excluding carboxylic acids is 1. The first kappa shape index (κ1) is 30.4. The highest BCUT2D eigenvalue weighted by Gasteiger charge is 2.35. The van der Waals surface area contributed by atoms with E-state index >= 15 is 0 Å². The first-order valence-corrected chi connectivity index (χ1v) is 15.2. The van der Waals surface area contributed by atoms with Crippen LogP contribution in [0.2, 0.25) is 0 Å². The van der Waals surface area contributed by atoms with Crippen LogP contribution in [-0.2, 0) is 16.1 Å². The van der Waals surface area contributed by atoms with E-state index in [-0.39, 0.29) is 29.9 Å². The molecule has 8 nitrogen and oxygen atoms in total. The summed E-state index contributed by atoms with van der Waals surface area (Å²) in [5.74, 6) is -1.56. The fourth-order valence-corrected chi connectivity index (χ4v) is 6.17. The van der Waals surface area contributed by atoms with Crippen molar-refractivity contribution in [3.8, 4) is 5.75 Å². The molecule has 1 atom stereocenters. The Labute approximate surface area is 266 Å². The van der Waals surface area contributed by atoms with E-state index in [2.05, 4.69) is 0 Å². The number of aromatic carboxylic acids is 1. The molecule has 0 saturated heterocycles. The van der Waals surface area contributed by atoms with E-state index in [1.54, 1.807) is 43.3 Å². The molecule has 0 unspecified atom stereocenters. The minimum Gasteiger partial charge on any atom is -0.488 e. The maximum absolute atomic E-state index is 14.2. The Kier molecular flexibility index (Phi) is 8.71. The smallest absolute Gasteiger partial charge is 0.338 e. The van der Waals surface area contributed by atoms with Gasteiger partial charge in [0.25, 0.3) is 5.56 Å². The van der Waals surface area contributed by atoms with Gasteiger partial charge in [-0.05, 0) is 54.5 Å². The number of ether oxygens (including phenoxy) is 2. The highest BCUT2D eigenvalue weighted by Crippen LogP contribution is 2.35. The minimum atomic E-state index is -1.01. The summed E-state index contributed by atoms with van der Waals surface area (Å²) in [6.07, 6.45) is 1.71. The molecule has 6 rings (SSSR count). The highest BCUT2D eigenvalue weighted by molar-refractivity contribution is 7.07. The molecule has 0 radical (unpaired) electrons. The van der Waals surface area contributed by atoms with Gasteiger partial charge < -0.3 is 14.6 Å². The van der Waals surface area contributed by atoms with Gasteiger partial charge in [-0.2, -0.15) is 0 Å². The highest BCUT2D eigenvalue weighted by atomic mass is 32.1. The van der Waals surface area contributed by atoms with Gasteiger partial charge in [-0.1, -0.05) is 84.1 Å². The Bertz CT molecular complexity index is 2140. The van der Waals surface area contributed by atoms with Gasteiger partial charge in [0.15, 0.2) is 4.80 Å². The number of carboxylic acids is 1. The van der Waals surface area contributed by atoms with Gasteiger partial charge in [-0.3, -0.25) is 9.36 Å². The van der Waals surface area contributed by atoms with Crippen LogP contribution < -0.4 is 19.6 Å². The normalized spacial score (nSPS) is 14.4. The molecule has 1 aromatic heterocycles. The van der Waals surface area contributed by atoms with Crippen LogP contribution in [0.3, 0.4) is 0 Å². The summed E-state index contributed by atoms with van der Waals surface area (Å²) in [6.45, 7) is 2.00. The Morgan fingerprint density at radius 2 is 1.65 bits per heavy atom. The molecule has 0 aliphatic carbocycles. The van der Waals surface area contributed by atoms with E-state index < -0.39 is 23.8 Å². The van der Waals surface area contributed by atoms with E-state index in [0.717, 1.165) is 5.56 Å². The van der Waals surface area contributed by atoms with Gasteiger partial charge in [-0.25, -0.2) is 19.0 Å². The van der Waals surface area contributed by atoms with E-state index in [9.17, 15) is 18.8 Å². The van der Waals surface area contributed by atoms with Crippen molar-refractivity contribution in [2.24, 2.45) is 4.99 Å². The SMILES string of the molecule is CCOC(=O)C1=C(c2ccccc2)N=c2s/c(=C\c3ccccc3OCc3ccc(C(=O)O)cc3)c(=O)n2[C@H]1c1ccc(F)cc1. The van der Waals surface area contributed by atoms with E-state index in [0.29, 0.717) is 37.5 Å². The molecule has 4 aromatic carbocycles. The predicted octanol–water partition coefficient (Wildman–Crippen LogP) is 5.35. The van der Waals surface area contributed by atoms with Crippen molar-refractivity contribution in [2.75, 3.05) is 6.61 Å². The van der Waals surface area contributed by atoms with E-state index in [1.807, 2.05) is 48.5 Å². The van der Waals surface area contributed by atoms with Crippen LogP contribution in [0.4, 0.5) is 4.39 Å². The van der Waals surface area contributed by atoms with Crippen LogP contribution in [0.15, 0.2) is 118 Å². The summed E-state index contributed by atoms with van der Waals surface area (Å²) in [5, 5.41) is 9.16. The largest absolute Gasteiger partial charge is 0.488 e. The molecule has 0 spiro atoms. The van der Waals surface area contributed by atoms with Crippen molar-refractivity contribution < 1.29 is 28.6 Å². The third-order valence-corrected chi connectivity index (χ3v) is 8.34. The van der Waals surface area contributed by atoms with Crippen molar-refractivity contribution in [1.82, 2.24) is 4.57 Å². The molecule has 0 amide bonds. The zero-order valence-corrected chi connectivity index (χ0v) is 25.4. The molecule has 0 bridgehead atoms.